The summed E-state index contributed by atoms with van der Waals surface area (Å²) in [6, 6.07) is 5.06. The van der Waals surface area contributed by atoms with Crippen molar-refractivity contribution in [1.29, 1.82) is 0 Å². The van der Waals surface area contributed by atoms with Crippen LogP contribution in [0.4, 0.5) is 18.9 Å². The molecule has 8 heteroatoms. The van der Waals surface area contributed by atoms with E-state index in [1.54, 1.807) is 0 Å². The first-order valence-corrected chi connectivity index (χ1v) is 5.38. The predicted molar refractivity (Wildman–Crippen MR) is 63.7 cm³/mol. The monoisotopic (exact) mass is 288 g/mol. The third-order valence-electron chi connectivity index (χ3n) is 2.02. The summed E-state index contributed by atoms with van der Waals surface area (Å²) < 4.78 is 40.3. The molecule has 0 saturated heterocycles. The molecule has 1 aromatic rings. The number of para-hydroxylation sites is 1. The van der Waals surface area contributed by atoms with E-state index in [1.807, 2.05) is 0 Å². The Kier molecular flexibility index (Phi) is 4.84. The average Bonchev–Trinajstić information content (AvgIpc) is 2.28. The van der Waals surface area contributed by atoms with Gasteiger partial charge in [-0.2, -0.15) is 0 Å². The molecule has 0 atom stereocenters. The molecule has 1 aromatic carbocycles. The van der Waals surface area contributed by atoms with Crippen molar-refractivity contribution in [2.24, 2.45) is 10.2 Å². The lowest BCUT2D eigenvalue weighted by atomic mass is 10.3. The molecule has 0 bridgehead atoms. The van der Waals surface area contributed by atoms with Crippen molar-refractivity contribution in [3.05, 3.63) is 35.7 Å². The fourth-order valence-corrected chi connectivity index (χ4v) is 1.25. The Morgan fingerprint density at radius 1 is 1.25 bits per heavy atom. The van der Waals surface area contributed by atoms with E-state index in [2.05, 4.69) is 15.0 Å². The normalized spacial score (nSPS) is 13.2. The number of hydrogen-bond donors (Lipinski definition) is 1. The van der Waals surface area contributed by atoms with Gasteiger partial charge in [0, 0.05) is 6.92 Å². The van der Waals surface area contributed by atoms with Gasteiger partial charge in [0.15, 0.2) is 17.2 Å². The highest BCUT2D eigenvalue weighted by atomic mass is 19.4. The molecule has 0 saturated carbocycles. The zero-order valence-corrected chi connectivity index (χ0v) is 10.6. The lowest BCUT2D eigenvalue weighted by molar-refractivity contribution is -0.274. The molecule has 5 nitrogen and oxygen atoms in total. The van der Waals surface area contributed by atoms with Gasteiger partial charge in [-0.3, -0.25) is 4.79 Å². The van der Waals surface area contributed by atoms with Crippen LogP contribution in [-0.2, 0) is 4.79 Å². The largest absolute Gasteiger partial charge is 0.573 e. The number of halogens is 3. The van der Waals surface area contributed by atoms with Crippen LogP contribution in [-0.4, -0.2) is 17.3 Å². The van der Waals surface area contributed by atoms with Crippen LogP contribution in [0.25, 0.3) is 0 Å². The van der Waals surface area contributed by atoms with Gasteiger partial charge < -0.3 is 9.84 Å². The fourth-order valence-electron chi connectivity index (χ4n) is 1.25. The van der Waals surface area contributed by atoms with Crippen LogP contribution in [0.5, 0.6) is 5.75 Å². The number of aliphatic hydroxyl groups excluding tert-OH is 1. The van der Waals surface area contributed by atoms with E-state index in [0.717, 1.165) is 13.0 Å². The number of carbonyl (C=O) groups excluding carboxylic acids is 1. The number of Topliss-reactive ketones (excluding diaryl/α,β-unsaturated/α-hetero) is 1. The first-order valence-electron chi connectivity index (χ1n) is 5.38. The second-order valence-electron chi connectivity index (χ2n) is 3.71. The second kappa shape index (κ2) is 6.18. The lowest BCUT2D eigenvalue weighted by Gasteiger charge is -2.10. The van der Waals surface area contributed by atoms with Crippen molar-refractivity contribution in [2.45, 2.75) is 20.2 Å². The van der Waals surface area contributed by atoms with Gasteiger partial charge in [0.1, 0.15) is 11.4 Å². The zero-order chi connectivity index (χ0) is 15.3. The predicted octanol–water partition coefficient (Wildman–Crippen LogP) is 4.05. The van der Waals surface area contributed by atoms with Crippen molar-refractivity contribution in [2.75, 3.05) is 0 Å². The minimum atomic E-state index is -4.86. The number of azo groups is 1. The maximum absolute atomic E-state index is 12.2. The number of carbonyl (C=O) groups is 1. The summed E-state index contributed by atoms with van der Waals surface area (Å²) in [7, 11) is 0. The number of nitrogens with zero attached hydrogens (tertiary/aromatic N) is 2. The topological polar surface area (TPSA) is 71.2 Å². The Morgan fingerprint density at radius 2 is 1.85 bits per heavy atom. The van der Waals surface area contributed by atoms with E-state index >= 15 is 0 Å². The van der Waals surface area contributed by atoms with Crippen molar-refractivity contribution in [3.8, 4) is 5.75 Å². The van der Waals surface area contributed by atoms with Crippen molar-refractivity contribution in [1.82, 2.24) is 0 Å². The quantitative estimate of drug-likeness (QED) is 0.516. The summed E-state index contributed by atoms with van der Waals surface area (Å²) in [5.74, 6) is -1.50. The molecule has 1 rings (SSSR count). The Bertz CT molecular complexity index is 561. The molecular weight excluding hydrogens is 277 g/mol. The van der Waals surface area contributed by atoms with Crippen molar-refractivity contribution in [3.63, 3.8) is 0 Å². The maximum Gasteiger partial charge on any atom is 0.573 e. The number of aliphatic hydroxyl groups is 1. The molecule has 20 heavy (non-hydrogen) atoms. The summed E-state index contributed by atoms with van der Waals surface area (Å²) in [4.78, 5) is 11.1. The number of rotatable bonds is 4. The first kappa shape index (κ1) is 15.7. The third kappa shape index (κ3) is 4.71. The summed E-state index contributed by atoms with van der Waals surface area (Å²) >= 11 is 0. The molecule has 1 N–H and O–H groups in total. The molecule has 0 heterocycles. The Hall–Kier alpha value is -2.38. The molecule has 0 aliphatic carbocycles. The smallest absolute Gasteiger partial charge is 0.510 e. The van der Waals surface area contributed by atoms with Gasteiger partial charge >= 0.3 is 6.36 Å². The van der Waals surface area contributed by atoms with Crippen LogP contribution in [0.3, 0.4) is 0 Å². The third-order valence-corrected chi connectivity index (χ3v) is 2.02. The summed E-state index contributed by atoms with van der Waals surface area (Å²) in [6.45, 7) is 2.36. The molecular formula is C12H11F3N2O3. The number of ether oxygens (including phenoxy) is 1. The maximum atomic E-state index is 12.2. The number of alkyl halides is 3. The highest BCUT2D eigenvalue weighted by molar-refractivity contribution is 5.93. The van der Waals surface area contributed by atoms with E-state index in [-0.39, 0.29) is 17.1 Å². The van der Waals surface area contributed by atoms with E-state index in [9.17, 15) is 23.1 Å². The molecule has 0 aliphatic heterocycles. The molecule has 0 spiro atoms. The Morgan fingerprint density at radius 3 is 2.35 bits per heavy atom. The molecule has 0 fully saturated rings. The fraction of sp³-hybridized carbons (Fsp3) is 0.250. The van der Waals surface area contributed by atoms with Gasteiger partial charge in [0.05, 0.1) is 0 Å². The van der Waals surface area contributed by atoms with Gasteiger partial charge in [-0.1, -0.05) is 12.1 Å². The number of allylic oxidation sites excluding steroid dienone is 2. The SMILES string of the molecule is CC(=O)/C(N=Nc1ccccc1OC(F)(F)F)=C(\C)O. The van der Waals surface area contributed by atoms with Gasteiger partial charge in [0.25, 0.3) is 0 Å². The number of benzene rings is 1. The van der Waals surface area contributed by atoms with Crippen LogP contribution in [0.15, 0.2) is 46.0 Å². The van der Waals surface area contributed by atoms with Crippen LogP contribution in [0, 0.1) is 0 Å². The summed E-state index contributed by atoms with van der Waals surface area (Å²) in [5, 5.41) is 16.1. The van der Waals surface area contributed by atoms with Crippen LogP contribution in [0.1, 0.15) is 13.8 Å². The molecule has 0 unspecified atom stereocenters. The van der Waals surface area contributed by atoms with Gasteiger partial charge in [-0.05, 0) is 19.1 Å². The lowest BCUT2D eigenvalue weighted by Crippen LogP contribution is -2.17. The first-order chi connectivity index (χ1) is 9.20. The molecule has 0 amide bonds. The molecule has 0 radical (unpaired) electrons. The molecule has 0 aliphatic rings. The van der Waals surface area contributed by atoms with E-state index in [1.165, 1.54) is 25.1 Å². The van der Waals surface area contributed by atoms with Gasteiger partial charge in [-0.25, -0.2) is 0 Å². The highest BCUT2D eigenvalue weighted by Gasteiger charge is 2.32. The highest BCUT2D eigenvalue weighted by Crippen LogP contribution is 2.32. The van der Waals surface area contributed by atoms with Crippen LogP contribution in [0.2, 0.25) is 0 Å². The van der Waals surface area contributed by atoms with Gasteiger partial charge in [-0.15, -0.1) is 23.4 Å². The van der Waals surface area contributed by atoms with Crippen molar-refractivity contribution < 1.29 is 27.8 Å². The molecule has 0 aromatic heterocycles. The summed E-state index contributed by atoms with van der Waals surface area (Å²) in [6.07, 6.45) is -4.86. The van der Waals surface area contributed by atoms with E-state index in [4.69, 9.17) is 0 Å². The second-order valence-corrected chi connectivity index (χ2v) is 3.71. The van der Waals surface area contributed by atoms with Crippen molar-refractivity contribution >= 4 is 11.5 Å². The zero-order valence-electron chi connectivity index (χ0n) is 10.6. The number of hydrogen-bond acceptors (Lipinski definition) is 5. The minimum absolute atomic E-state index is 0.218. The van der Waals surface area contributed by atoms with Gasteiger partial charge in [0.2, 0.25) is 0 Å². The molecule has 108 valence electrons. The van der Waals surface area contributed by atoms with Crippen LogP contribution < -0.4 is 4.74 Å². The number of ketones is 1. The summed E-state index contributed by atoms with van der Waals surface area (Å²) in [5.41, 5.74) is -0.559. The average molecular weight is 288 g/mol. The van der Waals surface area contributed by atoms with E-state index in [0.29, 0.717) is 0 Å². The van der Waals surface area contributed by atoms with E-state index < -0.39 is 17.9 Å². The van der Waals surface area contributed by atoms with Crippen LogP contribution >= 0.6 is 0 Å². The minimum Gasteiger partial charge on any atom is -0.510 e. The Balaban J connectivity index is 3.10. The standard InChI is InChI=1S/C12H11F3N2O3/c1-7(18)11(8(2)19)17-16-9-5-3-4-6-10(9)20-12(13,14)15/h3-6,18H,1-2H3/b11-7-,17-16?. The Labute approximate surface area is 112 Å².